The van der Waals surface area contributed by atoms with E-state index in [1.807, 2.05) is 6.92 Å². The normalized spacial score (nSPS) is 31.3. The molecule has 0 bridgehead atoms. The average Bonchev–Trinajstić information content (AvgIpc) is 2.17. The maximum atomic E-state index is 6.30. The third-order valence-corrected chi connectivity index (χ3v) is 4.60. The molecule has 5 heteroatoms. The van der Waals surface area contributed by atoms with Crippen LogP contribution in [0, 0.1) is 0 Å². The molecule has 0 fully saturated rings. The van der Waals surface area contributed by atoms with Crippen LogP contribution in [0.3, 0.4) is 0 Å². The molecule has 0 aromatic heterocycles. The molecular formula is C10H14Br2Cl2O. The summed E-state index contributed by atoms with van der Waals surface area (Å²) in [7, 11) is 0. The molecule has 1 rings (SSSR count). The first-order valence-electron chi connectivity index (χ1n) is 4.73. The highest BCUT2D eigenvalue weighted by atomic mass is 79.9. The van der Waals surface area contributed by atoms with Crippen molar-refractivity contribution >= 4 is 55.1 Å². The van der Waals surface area contributed by atoms with Gasteiger partial charge < -0.3 is 4.74 Å². The maximum Gasteiger partial charge on any atom is 0.101 e. The van der Waals surface area contributed by atoms with Crippen LogP contribution < -0.4 is 0 Å². The van der Waals surface area contributed by atoms with Crippen molar-refractivity contribution in [3.05, 3.63) is 11.6 Å². The van der Waals surface area contributed by atoms with Gasteiger partial charge in [-0.15, -0.1) is 23.2 Å². The molecule has 0 saturated carbocycles. The van der Waals surface area contributed by atoms with Gasteiger partial charge in [-0.05, 0) is 25.8 Å². The van der Waals surface area contributed by atoms with Crippen LogP contribution in [0.5, 0.6) is 0 Å². The molecule has 15 heavy (non-hydrogen) atoms. The van der Waals surface area contributed by atoms with Crippen LogP contribution >= 0.6 is 55.1 Å². The van der Waals surface area contributed by atoms with Crippen molar-refractivity contribution < 1.29 is 4.74 Å². The molecule has 0 amide bonds. The van der Waals surface area contributed by atoms with E-state index >= 15 is 0 Å². The van der Waals surface area contributed by atoms with Crippen LogP contribution in [0.4, 0.5) is 0 Å². The molecule has 0 aliphatic carbocycles. The highest BCUT2D eigenvalue weighted by Crippen LogP contribution is 2.35. The molecule has 1 nitrogen and oxygen atoms in total. The van der Waals surface area contributed by atoms with Gasteiger partial charge in [-0.25, -0.2) is 0 Å². The summed E-state index contributed by atoms with van der Waals surface area (Å²) in [5, 5.41) is 0. The Hall–Kier alpha value is 1.24. The van der Waals surface area contributed by atoms with Crippen molar-refractivity contribution in [2.45, 2.75) is 41.1 Å². The molecule has 88 valence electrons. The molecule has 0 spiro atoms. The van der Waals surface area contributed by atoms with E-state index < -0.39 is 4.87 Å². The minimum atomic E-state index is -0.508. The summed E-state index contributed by atoms with van der Waals surface area (Å²) in [4.78, 5) is -0.508. The summed E-state index contributed by atoms with van der Waals surface area (Å²) in [6, 6.07) is 0. The summed E-state index contributed by atoms with van der Waals surface area (Å²) < 4.78 is 6.04. The Morgan fingerprint density at radius 1 is 1.67 bits per heavy atom. The lowest BCUT2D eigenvalue weighted by Crippen LogP contribution is -2.43. The molecule has 3 atom stereocenters. The number of rotatable bonds is 3. The van der Waals surface area contributed by atoms with Crippen LogP contribution in [0.2, 0.25) is 0 Å². The Morgan fingerprint density at radius 3 is 2.73 bits per heavy atom. The number of hydrogen-bond donors (Lipinski definition) is 0. The molecule has 1 aliphatic heterocycles. The average molecular weight is 381 g/mol. The second-order valence-electron chi connectivity index (χ2n) is 3.98. The zero-order chi connectivity index (χ0) is 11.6. The van der Waals surface area contributed by atoms with Crippen LogP contribution in [-0.4, -0.2) is 26.7 Å². The van der Waals surface area contributed by atoms with Gasteiger partial charge in [0.25, 0.3) is 0 Å². The molecule has 0 aromatic rings. The lowest BCUT2D eigenvalue weighted by molar-refractivity contribution is -0.00861. The summed E-state index contributed by atoms with van der Waals surface area (Å²) in [6.45, 7) is 3.97. The van der Waals surface area contributed by atoms with Gasteiger partial charge in [-0.1, -0.05) is 37.9 Å². The largest absolute Gasteiger partial charge is 0.366 e. The predicted molar refractivity (Wildman–Crippen MR) is 73.7 cm³/mol. The lowest BCUT2D eigenvalue weighted by atomic mass is 9.97. The van der Waals surface area contributed by atoms with E-state index in [0.29, 0.717) is 5.88 Å². The van der Waals surface area contributed by atoms with Crippen LogP contribution in [-0.2, 0) is 4.74 Å². The predicted octanol–water partition coefficient (Wildman–Crippen LogP) is 4.44. The second-order valence-corrected chi connectivity index (χ2v) is 8.31. The summed E-state index contributed by atoms with van der Waals surface area (Å²) in [6.07, 6.45) is 2.97. The fourth-order valence-corrected chi connectivity index (χ4v) is 2.88. The Balaban J connectivity index is 2.76. The fourth-order valence-electron chi connectivity index (χ4n) is 1.48. The number of ether oxygens (including phenoxy) is 1. The zero-order valence-corrected chi connectivity index (χ0v) is 13.3. The van der Waals surface area contributed by atoms with Gasteiger partial charge in [0.1, 0.15) is 6.10 Å². The molecular weight excluding hydrogens is 367 g/mol. The number of hydrogen-bond acceptors (Lipinski definition) is 1. The number of halogens is 4. The SMILES string of the molecule is CC1=CC[C@@H](C(C)(Cl)CCl)O[C@@H]1C(Br)Br. The fraction of sp³-hybridized carbons (Fsp3) is 0.800. The summed E-state index contributed by atoms with van der Waals surface area (Å²) in [5.41, 5.74) is 1.21. The molecule has 1 unspecified atom stereocenters. The first-order valence-corrected chi connectivity index (χ1v) is 7.48. The molecule has 1 aliphatic rings. The van der Waals surface area contributed by atoms with E-state index in [9.17, 15) is 0 Å². The van der Waals surface area contributed by atoms with Crippen molar-refractivity contribution in [2.75, 3.05) is 5.88 Å². The van der Waals surface area contributed by atoms with Gasteiger partial charge in [-0.3, -0.25) is 0 Å². The minimum Gasteiger partial charge on any atom is -0.366 e. The van der Waals surface area contributed by atoms with Crippen molar-refractivity contribution in [1.82, 2.24) is 0 Å². The smallest absolute Gasteiger partial charge is 0.101 e. The molecule has 0 radical (unpaired) electrons. The van der Waals surface area contributed by atoms with E-state index in [4.69, 9.17) is 27.9 Å². The Kier molecular flexibility index (Phi) is 5.46. The lowest BCUT2D eigenvalue weighted by Gasteiger charge is -2.37. The molecule has 0 saturated heterocycles. The standard InChI is InChI=1S/C10H14Br2Cl2O/c1-6-3-4-7(10(2,14)5-13)15-8(6)9(11)12/h3,7-9H,4-5H2,1-2H3/t7-,8-,10?/m0/s1. The molecule has 0 aromatic carbocycles. The van der Waals surface area contributed by atoms with E-state index in [1.54, 1.807) is 0 Å². The highest BCUT2D eigenvalue weighted by Gasteiger charge is 2.37. The van der Waals surface area contributed by atoms with Crippen LogP contribution in [0.1, 0.15) is 20.3 Å². The molecule has 1 heterocycles. The van der Waals surface area contributed by atoms with E-state index in [2.05, 4.69) is 44.9 Å². The number of alkyl halides is 4. The van der Waals surface area contributed by atoms with Gasteiger partial charge in [0, 0.05) is 5.88 Å². The topological polar surface area (TPSA) is 9.23 Å². The van der Waals surface area contributed by atoms with Crippen molar-refractivity contribution in [1.29, 1.82) is 0 Å². The van der Waals surface area contributed by atoms with Crippen molar-refractivity contribution in [3.8, 4) is 0 Å². The van der Waals surface area contributed by atoms with Gasteiger partial charge in [-0.2, -0.15) is 0 Å². The summed E-state index contributed by atoms with van der Waals surface area (Å²) in [5.74, 6) is 0.383. The zero-order valence-electron chi connectivity index (χ0n) is 8.64. The van der Waals surface area contributed by atoms with Gasteiger partial charge >= 0.3 is 0 Å². The monoisotopic (exact) mass is 378 g/mol. The van der Waals surface area contributed by atoms with Crippen LogP contribution in [0.15, 0.2) is 11.6 Å². The van der Waals surface area contributed by atoms with Crippen molar-refractivity contribution in [2.24, 2.45) is 0 Å². The first kappa shape index (κ1) is 14.3. The van der Waals surface area contributed by atoms with E-state index in [1.165, 1.54) is 5.57 Å². The third kappa shape index (κ3) is 3.60. The quantitative estimate of drug-likeness (QED) is 0.519. The van der Waals surface area contributed by atoms with E-state index in [-0.39, 0.29) is 15.9 Å². The van der Waals surface area contributed by atoms with Crippen molar-refractivity contribution in [3.63, 3.8) is 0 Å². The van der Waals surface area contributed by atoms with Crippen LogP contribution in [0.25, 0.3) is 0 Å². The summed E-state index contributed by atoms with van der Waals surface area (Å²) >= 11 is 19.1. The van der Waals surface area contributed by atoms with Gasteiger partial charge in [0.2, 0.25) is 0 Å². The Morgan fingerprint density at radius 2 is 2.27 bits per heavy atom. The van der Waals surface area contributed by atoms with Gasteiger partial charge in [0.05, 0.1) is 14.7 Å². The second kappa shape index (κ2) is 5.72. The van der Waals surface area contributed by atoms with E-state index in [0.717, 1.165) is 6.42 Å². The van der Waals surface area contributed by atoms with Gasteiger partial charge in [0.15, 0.2) is 0 Å². The minimum absolute atomic E-state index is 0.0186. The maximum absolute atomic E-state index is 6.30. The first-order chi connectivity index (χ1) is 6.88. The molecule has 0 N–H and O–H groups in total. The Labute approximate surface area is 118 Å². The third-order valence-electron chi connectivity index (χ3n) is 2.58. The highest BCUT2D eigenvalue weighted by molar-refractivity contribution is 9.24. The Bertz CT molecular complexity index is 254.